The lowest BCUT2D eigenvalue weighted by molar-refractivity contribution is 0.104. The van der Waals surface area contributed by atoms with Crippen LogP contribution in [-0.2, 0) is 0 Å². The highest BCUT2D eigenvalue weighted by Gasteiger charge is 2.15. The van der Waals surface area contributed by atoms with Gasteiger partial charge in [0.15, 0.2) is 0 Å². The Hall–Kier alpha value is -2.67. The van der Waals surface area contributed by atoms with Gasteiger partial charge in [0, 0.05) is 23.0 Å². The van der Waals surface area contributed by atoms with Gasteiger partial charge >= 0.3 is 0 Å². The van der Waals surface area contributed by atoms with E-state index in [1.165, 1.54) is 24.3 Å². The Morgan fingerprint density at radius 3 is 2.35 bits per heavy atom. The summed E-state index contributed by atoms with van der Waals surface area (Å²) in [5.41, 5.74) is 3.29. The third-order valence-electron chi connectivity index (χ3n) is 3.81. The number of rotatable bonds is 4. The van der Waals surface area contributed by atoms with Gasteiger partial charge in [-0.05, 0) is 69.7 Å². The van der Waals surface area contributed by atoms with Crippen LogP contribution in [0.25, 0.3) is 6.08 Å². The van der Waals surface area contributed by atoms with E-state index < -0.39 is 11.6 Å². The molecule has 0 bridgehead atoms. The zero-order chi connectivity index (χ0) is 17.1. The van der Waals surface area contributed by atoms with E-state index in [-0.39, 0.29) is 5.57 Å². The molecule has 4 heteroatoms. The van der Waals surface area contributed by atoms with Crippen molar-refractivity contribution in [3.63, 3.8) is 0 Å². The first-order valence-corrected chi connectivity index (χ1v) is 7.45. The van der Waals surface area contributed by atoms with Crippen LogP contribution in [0.15, 0.2) is 35.9 Å². The molecule has 0 aliphatic rings. The van der Waals surface area contributed by atoms with Gasteiger partial charge in [-0.15, -0.1) is 0 Å². The number of nitriles is 1. The molecule has 0 amide bonds. The van der Waals surface area contributed by atoms with E-state index >= 15 is 0 Å². The molecule has 0 N–H and O–H groups in total. The van der Waals surface area contributed by atoms with Crippen molar-refractivity contribution in [1.29, 1.82) is 5.26 Å². The maximum absolute atomic E-state index is 13.0. The molecule has 2 aromatic rings. The van der Waals surface area contributed by atoms with Gasteiger partial charge in [-0.3, -0.25) is 4.79 Å². The summed E-state index contributed by atoms with van der Waals surface area (Å²) in [5.74, 6) is -0.814. The number of carbonyl (C=O) groups excluding carboxylic acids is 1. The largest absolute Gasteiger partial charge is 0.346 e. The Labute approximate surface area is 135 Å². The Bertz CT molecular complexity index is 805. The number of ketones is 1. The van der Waals surface area contributed by atoms with Crippen LogP contribution >= 0.6 is 0 Å². The van der Waals surface area contributed by atoms with Crippen LogP contribution in [-0.4, -0.2) is 10.4 Å². The van der Waals surface area contributed by atoms with Crippen LogP contribution in [0.3, 0.4) is 0 Å². The second-order valence-corrected chi connectivity index (χ2v) is 5.80. The molecular formula is C19H19FN2O. The predicted octanol–water partition coefficient (Wildman–Crippen LogP) is 4.61. The second-order valence-electron chi connectivity index (χ2n) is 5.80. The highest BCUT2D eigenvalue weighted by molar-refractivity contribution is 6.14. The minimum Gasteiger partial charge on any atom is -0.346 e. The summed E-state index contributed by atoms with van der Waals surface area (Å²) in [5, 5.41) is 9.33. The Balaban J connectivity index is 2.44. The van der Waals surface area contributed by atoms with Crippen molar-refractivity contribution in [3.8, 4) is 6.07 Å². The number of allylic oxidation sites excluding steroid dienone is 1. The first-order valence-electron chi connectivity index (χ1n) is 7.45. The third kappa shape index (κ3) is 3.40. The topological polar surface area (TPSA) is 45.8 Å². The van der Waals surface area contributed by atoms with Crippen molar-refractivity contribution in [3.05, 3.63) is 64.2 Å². The quantitative estimate of drug-likeness (QED) is 0.470. The number of aryl methyl sites for hydroxylation is 1. The summed E-state index contributed by atoms with van der Waals surface area (Å²) in [4.78, 5) is 12.4. The minimum atomic E-state index is -0.412. The minimum absolute atomic E-state index is 0.0422. The van der Waals surface area contributed by atoms with Gasteiger partial charge in [0.2, 0.25) is 5.78 Å². The lowest BCUT2D eigenvalue weighted by Gasteiger charge is -2.13. The van der Waals surface area contributed by atoms with Crippen molar-refractivity contribution in [2.75, 3.05) is 0 Å². The summed E-state index contributed by atoms with van der Waals surface area (Å²) in [6.45, 7) is 8.14. The van der Waals surface area contributed by atoms with Gasteiger partial charge < -0.3 is 4.57 Å². The molecular weight excluding hydrogens is 291 g/mol. The van der Waals surface area contributed by atoms with Crippen LogP contribution in [0.5, 0.6) is 0 Å². The molecule has 3 nitrogen and oxygen atoms in total. The molecule has 23 heavy (non-hydrogen) atoms. The molecule has 118 valence electrons. The molecule has 0 atom stereocenters. The van der Waals surface area contributed by atoms with E-state index in [0.29, 0.717) is 11.6 Å². The number of nitrogens with zero attached hydrogens (tertiary/aromatic N) is 2. The molecule has 0 aliphatic carbocycles. The Morgan fingerprint density at radius 2 is 1.87 bits per heavy atom. The normalized spacial score (nSPS) is 11.6. The number of carbonyl (C=O) groups is 1. The average molecular weight is 310 g/mol. The smallest absolute Gasteiger partial charge is 0.203 e. The van der Waals surface area contributed by atoms with Gasteiger partial charge in [-0.1, -0.05) is 0 Å². The van der Waals surface area contributed by atoms with E-state index in [4.69, 9.17) is 0 Å². The predicted molar refractivity (Wildman–Crippen MR) is 88.6 cm³/mol. The molecule has 0 spiro atoms. The summed E-state index contributed by atoms with van der Waals surface area (Å²) in [6.07, 6.45) is 1.60. The molecule has 0 saturated heterocycles. The standard InChI is InChI=1S/C19H19FN2O/c1-12(2)22-13(3)9-16(14(22)4)10-17(11-21)19(23)15-5-7-18(20)8-6-15/h5-10,12H,1-4H3/b17-10+. The van der Waals surface area contributed by atoms with Gasteiger partial charge in [-0.2, -0.15) is 5.26 Å². The number of halogens is 1. The van der Waals surface area contributed by atoms with E-state index in [2.05, 4.69) is 18.4 Å². The molecule has 1 aromatic heterocycles. The number of Topliss-reactive ketones (excluding diaryl/α,β-unsaturated/α-hetero) is 1. The van der Waals surface area contributed by atoms with Crippen molar-refractivity contribution >= 4 is 11.9 Å². The molecule has 1 heterocycles. The maximum atomic E-state index is 13.0. The molecule has 1 aromatic carbocycles. The Kier molecular flexibility index (Phi) is 4.80. The zero-order valence-corrected chi connectivity index (χ0v) is 13.7. The first kappa shape index (κ1) is 16.7. The van der Waals surface area contributed by atoms with Gasteiger partial charge in [0.05, 0.1) is 0 Å². The highest BCUT2D eigenvalue weighted by Crippen LogP contribution is 2.23. The van der Waals surface area contributed by atoms with Crippen LogP contribution in [0.1, 0.15) is 47.2 Å². The molecule has 0 aliphatic heterocycles. The number of benzene rings is 1. The fourth-order valence-corrected chi connectivity index (χ4v) is 2.80. The van der Waals surface area contributed by atoms with E-state index in [1.54, 1.807) is 6.08 Å². The highest BCUT2D eigenvalue weighted by atomic mass is 19.1. The maximum Gasteiger partial charge on any atom is 0.203 e. The van der Waals surface area contributed by atoms with Crippen molar-refractivity contribution < 1.29 is 9.18 Å². The number of hydrogen-bond acceptors (Lipinski definition) is 2. The van der Waals surface area contributed by atoms with Crippen LogP contribution in [0, 0.1) is 31.0 Å². The van der Waals surface area contributed by atoms with Crippen molar-refractivity contribution in [2.45, 2.75) is 33.7 Å². The lowest BCUT2D eigenvalue weighted by Crippen LogP contribution is -2.05. The van der Waals surface area contributed by atoms with Crippen LogP contribution in [0.2, 0.25) is 0 Å². The fraction of sp³-hybridized carbons (Fsp3) is 0.263. The van der Waals surface area contributed by atoms with Crippen LogP contribution in [0.4, 0.5) is 4.39 Å². The SMILES string of the molecule is Cc1cc(/C=C(\C#N)C(=O)c2ccc(F)cc2)c(C)n1C(C)C. The van der Waals surface area contributed by atoms with E-state index in [1.807, 2.05) is 26.0 Å². The molecule has 0 radical (unpaired) electrons. The zero-order valence-electron chi connectivity index (χ0n) is 13.7. The van der Waals surface area contributed by atoms with Gasteiger partial charge in [0.25, 0.3) is 0 Å². The monoisotopic (exact) mass is 310 g/mol. The van der Waals surface area contributed by atoms with Gasteiger partial charge in [0.1, 0.15) is 17.5 Å². The second kappa shape index (κ2) is 6.62. The first-order chi connectivity index (χ1) is 10.8. The molecule has 2 rings (SSSR count). The summed E-state index contributed by atoms with van der Waals surface area (Å²) in [7, 11) is 0. The van der Waals surface area contributed by atoms with E-state index in [9.17, 15) is 14.4 Å². The molecule has 0 fully saturated rings. The summed E-state index contributed by atoms with van der Waals surface area (Å²) < 4.78 is 15.1. The third-order valence-corrected chi connectivity index (χ3v) is 3.81. The summed E-state index contributed by atoms with van der Waals surface area (Å²) >= 11 is 0. The van der Waals surface area contributed by atoms with Crippen molar-refractivity contribution in [2.24, 2.45) is 0 Å². The lowest BCUT2D eigenvalue weighted by atomic mass is 10.0. The molecule has 0 saturated carbocycles. The summed E-state index contributed by atoms with van der Waals surface area (Å²) in [6, 6.07) is 9.43. The molecule has 0 unspecified atom stereocenters. The van der Waals surface area contributed by atoms with Crippen LogP contribution < -0.4 is 0 Å². The average Bonchev–Trinajstić information content (AvgIpc) is 2.79. The Morgan fingerprint density at radius 1 is 1.26 bits per heavy atom. The number of aromatic nitrogens is 1. The van der Waals surface area contributed by atoms with Gasteiger partial charge in [-0.25, -0.2) is 4.39 Å². The number of hydrogen-bond donors (Lipinski definition) is 0. The fourth-order valence-electron chi connectivity index (χ4n) is 2.80. The van der Waals surface area contributed by atoms with E-state index in [0.717, 1.165) is 17.0 Å². The van der Waals surface area contributed by atoms with Crippen molar-refractivity contribution in [1.82, 2.24) is 4.57 Å².